The second-order valence-corrected chi connectivity index (χ2v) is 8.16. The number of anilines is 2. The molecule has 1 heterocycles. The molecular formula is C14H23N3O2S2. The first kappa shape index (κ1) is 17.8. The monoisotopic (exact) mass is 329 g/mol. The zero-order valence-electron chi connectivity index (χ0n) is 12.8. The number of thiophene rings is 1. The number of rotatable bonds is 8. The normalized spacial score (nSPS) is 12.9. The maximum absolute atomic E-state index is 11.9. The van der Waals surface area contributed by atoms with Gasteiger partial charge in [0.25, 0.3) is 0 Å². The first-order chi connectivity index (χ1) is 9.85. The summed E-state index contributed by atoms with van der Waals surface area (Å²) >= 11 is 1.11. The van der Waals surface area contributed by atoms with Crippen molar-refractivity contribution in [3.05, 3.63) is 4.88 Å². The molecule has 0 spiro atoms. The summed E-state index contributed by atoms with van der Waals surface area (Å²) in [4.78, 5) is 0.314. The van der Waals surface area contributed by atoms with Crippen LogP contribution >= 0.6 is 11.3 Å². The zero-order chi connectivity index (χ0) is 16.0. The van der Waals surface area contributed by atoms with Crippen LogP contribution in [0, 0.1) is 17.2 Å². The third kappa shape index (κ3) is 4.61. The fourth-order valence-corrected chi connectivity index (χ4v) is 4.55. The molecule has 0 aliphatic rings. The molecule has 1 rings (SSSR count). The van der Waals surface area contributed by atoms with Crippen molar-refractivity contribution in [2.75, 3.05) is 23.9 Å². The number of nitrogens with zero attached hydrogens (tertiary/aromatic N) is 1. The van der Waals surface area contributed by atoms with Gasteiger partial charge in [-0.05, 0) is 12.3 Å². The van der Waals surface area contributed by atoms with Crippen molar-refractivity contribution < 1.29 is 8.42 Å². The summed E-state index contributed by atoms with van der Waals surface area (Å²) in [5.74, 6) is 0.492. The smallest absolute Gasteiger partial charge is 0.180 e. The highest BCUT2D eigenvalue weighted by atomic mass is 32.2. The second kappa shape index (κ2) is 7.66. The van der Waals surface area contributed by atoms with E-state index in [2.05, 4.69) is 19.2 Å². The standard InChI is InChI=1S/C14H23N3O2S2/c1-4-6-7-10(5-2)9-17-14-13(21(3,18)19)12(16)11(8-15)20-14/h10,17H,4-7,9,16H2,1-3H3. The van der Waals surface area contributed by atoms with Crippen molar-refractivity contribution in [2.24, 2.45) is 5.92 Å². The predicted molar refractivity (Wildman–Crippen MR) is 88.4 cm³/mol. The Kier molecular flexibility index (Phi) is 6.49. The lowest BCUT2D eigenvalue weighted by Gasteiger charge is -2.16. The average molecular weight is 329 g/mol. The highest BCUT2D eigenvalue weighted by Gasteiger charge is 2.24. The SMILES string of the molecule is CCCCC(CC)CNc1sc(C#N)c(N)c1S(C)(=O)=O. The van der Waals surface area contributed by atoms with Gasteiger partial charge in [-0.25, -0.2) is 8.42 Å². The minimum atomic E-state index is -3.45. The van der Waals surface area contributed by atoms with Gasteiger partial charge in [-0.2, -0.15) is 5.26 Å². The molecular weight excluding hydrogens is 306 g/mol. The average Bonchev–Trinajstić information content (AvgIpc) is 2.75. The van der Waals surface area contributed by atoms with Gasteiger partial charge in [0.15, 0.2) is 9.84 Å². The van der Waals surface area contributed by atoms with Crippen molar-refractivity contribution in [2.45, 2.75) is 44.4 Å². The van der Waals surface area contributed by atoms with Crippen LogP contribution in [-0.4, -0.2) is 21.2 Å². The minimum Gasteiger partial charge on any atom is -0.396 e. The number of unbranched alkanes of at least 4 members (excludes halogenated alkanes) is 1. The molecule has 0 saturated carbocycles. The molecule has 1 aromatic heterocycles. The van der Waals surface area contributed by atoms with Crippen LogP contribution in [0.25, 0.3) is 0 Å². The van der Waals surface area contributed by atoms with Gasteiger partial charge in [0.1, 0.15) is 20.8 Å². The van der Waals surface area contributed by atoms with Crippen LogP contribution in [-0.2, 0) is 9.84 Å². The van der Waals surface area contributed by atoms with E-state index in [0.29, 0.717) is 17.5 Å². The van der Waals surface area contributed by atoms with Crippen LogP contribution in [0.15, 0.2) is 4.90 Å². The topological polar surface area (TPSA) is 96.0 Å². The largest absolute Gasteiger partial charge is 0.396 e. The molecule has 0 radical (unpaired) electrons. The summed E-state index contributed by atoms with van der Waals surface area (Å²) < 4.78 is 23.7. The summed E-state index contributed by atoms with van der Waals surface area (Å²) in [7, 11) is -3.45. The van der Waals surface area contributed by atoms with E-state index in [9.17, 15) is 8.42 Å². The van der Waals surface area contributed by atoms with E-state index in [1.807, 2.05) is 6.07 Å². The molecule has 3 N–H and O–H groups in total. The molecule has 0 bridgehead atoms. The van der Waals surface area contributed by atoms with E-state index in [-0.39, 0.29) is 15.5 Å². The highest BCUT2D eigenvalue weighted by molar-refractivity contribution is 7.91. The first-order valence-corrected chi connectivity index (χ1v) is 9.82. The van der Waals surface area contributed by atoms with Gasteiger partial charge in [-0.3, -0.25) is 0 Å². The van der Waals surface area contributed by atoms with Gasteiger partial charge in [-0.1, -0.05) is 33.1 Å². The summed E-state index contributed by atoms with van der Waals surface area (Å²) in [6, 6.07) is 1.95. The Hall–Kier alpha value is -1.26. The Balaban J connectivity index is 2.96. The van der Waals surface area contributed by atoms with Crippen LogP contribution in [0.5, 0.6) is 0 Å². The Labute approximate surface area is 131 Å². The van der Waals surface area contributed by atoms with Crippen molar-refractivity contribution >= 4 is 31.9 Å². The van der Waals surface area contributed by atoms with E-state index in [1.165, 1.54) is 0 Å². The van der Waals surface area contributed by atoms with E-state index >= 15 is 0 Å². The number of nitrogens with one attached hydrogen (secondary N) is 1. The Bertz CT molecular complexity index is 615. The molecule has 0 aliphatic heterocycles. The van der Waals surface area contributed by atoms with E-state index in [1.54, 1.807) is 0 Å². The Morgan fingerprint density at radius 2 is 2.10 bits per heavy atom. The zero-order valence-corrected chi connectivity index (χ0v) is 14.4. The van der Waals surface area contributed by atoms with Gasteiger partial charge < -0.3 is 11.1 Å². The quantitative estimate of drug-likeness (QED) is 0.763. The molecule has 7 heteroatoms. The Morgan fingerprint density at radius 1 is 1.43 bits per heavy atom. The molecule has 5 nitrogen and oxygen atoms in total. The molecule has 1 atom stereocenters. The van der Waals surface area contributed by atoms with E-state index < -0.39 is 9.84 Å². The number of nitrogens with two attached hydrogens (primary N) is 1. The number of nitriles is 1. The van der Waals surface area contributed by atoms with Gasteiger partial charge in [-0.15, -0.1) is 11.3 Å². The maximum atomic E-state index is 11.9. The first-order valence-electron chi connectivity index (χ1n) is 7.11. The van der Waals surface area contributed by atoms with E-state index in [4.69, 9.17) is 11.0 Å². The molecule has 0 fully saturated rings. The van der Waals surface area contributed by atoms with Gasteiger partial charge >= 0.3 is 0 Å². The van der Waals surface area contributed by atoms with Crippen molar-refractivity contribution in [3.8, 4) is 6.07 Å². The van der Waals surface area contributed by atoms with Crippen LogP contribution in [0.2, 0.25) is 0 Å². The third-order valence-corrected chi connectivity index (χ3v) is 5.83. The molecule has 0 amide bonds. The molecule has 21 heavy (non-hydrogen) atoms. The summed E-state index contributed by atoms with van der Waals surface area (Å²) in [6.45, 7) is 4.98. The second-order valence-electron chi connectivity index (χ2n) is 5.18. The fourth-order valence-electron chi connectivity index (χ4n) is 2.18. The van der Waals surface area contributed by atoms with Gasteiger partial charge in [0.2, 0.25) is 0 Å². The number of hydrogen-bond acceptors (Lipinski definition) is 6. The lowest BCUT2D eigenvalue weighted by Crippen LogP contribution is -2.14. The van der Waals surface area contributed by atoms with Crippen LogP contribution in [0.4, 0.5) is 10.7 Å². The highest BCUT2D eigenvalue weighted by Crippen LogP contribution is 2.38. The number of nitrogen functional groups attached to an aromatic ring is 1. The third-order valence-electron chi connectivity index (χ3n) is 3.47. The molecule has 118 valence electrons. The molecule has 0 aliphatic carbocycles. The summed E-state index contributed by atoms with van der Waals surface area (Å²) in [5, 5.41) is 12.7. The van der Waals surface area contributed by atoms with Crippen molar-refractivity contribution in [1.29, 1.82) is 5.26 Å². The van der Waals surface area contributed by atoms with Gasteiger partial charge in [0.05, 0.1) is 5.69 Å². The fraction of sp³-hybridized carbons (Fsp3) is 0.643. The molecule has 1 aromatic rings. The minimum absolute atomic E-state index is 0.0640. The maximum Gasteiger partial charge on any atom is 0.180 e. The predicted octanol–water partition coefficient (Wildman–Crippen LogP) is 3.23. The summed E-state index contributed by atoms with van der Waals surface area (Å²) in [6.07, 6.45) is 5.57. The number of sulfone groups is 1. The lowest BCUT2D eigenvalue weighted by atomic mass is 9.99. The van der Waals surface area contributed by atoms with Crippen LogP contribution < -0.4 is 11.1 Å². The van der Waals surface area contributed by atoms with Gasteiger partial charge in [0, 0.05) is 12.8 Å². The number of hydrogen-bond donors (Lipinski definition) is 2. The lowest BCUT2D eigenvalue weighted by molar-refractivity contribution is 0.473. The van der Waals surface area contributed by atoms with Crippen molar-refractivity contribution in [1.82, 2.24) is 0 Å². The summed E-state index contributed by atoms with van der Waals surface area (Å²) in [5.41, 5.74) is 5.85. The van der Waals surface area contributed by atoms with E-state index in [0.717, 1.165) is 43.3 Å². The Morgan fingerprint density at radius 3 is 2.57 bits per heavy atom. The molecule has 0 saturated heterocycles. The molecule has 1 unspecified atom stereocenters. The van der Waals surface area contributed by atoms with Crippen molar-refractivity contribution in [3.63, 3.8) is 0 Å². The molecule has 0 aromatic carbocycles. The van der Waals surface area contributed by atoms with Crippen LogP contribution in [0.3, 0.4) is 0 Å². The van der Waals surface area contributed by atoms with Crippen LogP contribution in [0.1, 0.15) is 44.4 Å².